The van der Waals surface area contributed by atoms with E-state index < -0.39 is 0 Å². The maximum atomic E-state index is 12.1. The molecule has 1 unspecified atom stereocenters. The molecular formula is C13H16N2O. The molecule has 3 nitrogen and oxygen atoms in total. The Morgan fingerprint density at radius 3 is 2.88 bits per heavy atom. The molecule has 1 aromatic rings. The summed E-state index contributed by atoms with van der Waals surface area (Å²) in [5, 5.41) is 6.55. The maximum Gasteiger partial charge on any atom is 0.252 e. The van der Waals surface area contributed by atoms with Crippen LogP contribution in [0.25, 0.3) is 0 Å². The molecule has 2 aliphatic rings. The van der Waals surface area contributed by atoms with Gasteiger partial charge in [-0.25, -0.2) is 0 Å². The van der Waals surface area contributed by atoms with Crippen LogP contribution in [-0.2, 0) is 6.42 Å². The minimum Gasteiger partial charge on any atom is -0.345 e. The number of hydrogen-bond donors (Lipinski definition) is 2. The van der Waals surface area contributed by atoms with Crippen LogP contribution in [-0.4, -0.2) is 24.5 Å². The van der Waals surface area contributed by atoms with Gasteiger partial charge < -0.3 is 10.6 Å². The monoisotopic (exact) mass is 216 g/mol. The first-order valence-electron chi connectivity index (χ1n) is 5.90. The lowest BCUT2D eigenvalue weighted by molar-refractivity contribution is 0.0908. The number of aryl methyl sites for hydroxylation is 1. The van der Waals surface area contributed by atoms with E-state index in [0.717, 1.165) is 37.9 Å². The van der Waals surface area contributed by atoms with Gasteiger partial charge in [0.05, 0.1) is 5.54 Å². The van der Waals surface area contributed by atoms with E-state index in [0.29, 0.717) is 0 Å². The van der Waals surface area contributed by atoms with Gasteiger partial charge in [-0.1, -0.05) is 18.2 Å². The number of nitrogens with one attached hydrogen (secondary N) is 2. The van der Waals surface area contributed by atoms with E-state index >= 15 is 0 Å². The first-order valence-corrected chi connectivity index (χ1v) is 5.90. The summed E-state index contributed by atoms with van der Waals surface area (Å²) in [6.45, 7) is 1.92. The number of benzene rings is 1. The summed E-state index contributed by atoms with van der Waals surface area (Å²) < 4.78 is 0. The van der Waals surface area contributed by atoms with Gasteiger partial charge in [-0.05, 0) is 37.4 Å². The van der Waals surface area contributed by atoms with Crippen molar-refractivity contribution >= 4 is 5.91 Å². The second-order valence-corrected chi connectivity index (χ2v) is 4.82. The average Bonchev–Trinajstić information content (AvgIpc) is 2.70. The number of amides is 1. The molecule has 3 rings (SSSR count). The van der Waals surface area contributed by atoms with Gasteiger partial charge in [0.25, 0.3) is 5.91 Å². The number of carbonyl (C=O) groups excluding carboxylic acids is 1. The summed E-state index contributed by atoms with van der Waals surface area (Å²) in [4.78, 5) is 12.1. The first-order chi connectivity index (χ1) is 7.79. The van der Waals surface area contributed by atoms with Gasteiger partial charge in [0.2, 0.25) is 0 Å². The molecule has 0 aliphatic carbocycles. The van der Waals surface area contributed by atoms with Crippen molar-refractivity contribution in [3.8, 4) is 0 Å². The fourth-order valence-electron chi connectivity index (χ4n) is 2.77. The van der Waals surface area contributed by atoms with Crippen LogP contribution in [0.4, 0.5) is 0 Å². The number of carbonyl (C=O) groups is 1. The van der Waals surface area contributed by atoms with Gasteiger partial charge in [0.15, 0.2) is 0 Å². The second-order valence-electron chi connectivity index (χ2n) is 4.82. The molecule has 0 saturated carbocycles. The van der Waals surface area contributed by atoms with Crippen LogP contribution in [0.5, 0.6) is 0 Å². The van der Waals surface area contributed by atoms with Crippen molar-refractivity contribution in [1.82, 2.24) is 10.6 Å². The largest absolute Gasteiger partial charge is 0.345 e. The van der Waals surface area contributed by atoms with Crippen molar-refractivity contribution in [3.63, 3.8) is 0 Å². The zero-order valence-corrected chi connectivity index (χ0v) is 9.25. The highest BCUT2D eigenvalue weighted by atomic mass is 16.1. The van der Waals surface area contributed by atoms with E-state index in [1.165, 1.54) is 5.56 Å². The van der Waals surface area contributed by atoms with E-state index in [9.17, 15) is 4.79 Å². The lowest BCUT2D eigenvalue weighted by atomic mass is 9.92. The molecule has 0 bridgehead atoms. The van der Waals surface area contributed by atoms with Crippen LogP contribution in [0.2, 0.25) is 0 Å². The quantitative estimate of drug-likeness (QED) is 0.681. The second kappa shape index (κ2) is 3.59. The molecule has 2 aliphatic heterocycles. The van der Waals surface area contributed by atoms with Gasteiger partial charge in [-0.15, -0.1) is 0 Å². The highest BCUT2D eigenvalue weighted by Gasteiger charge is 2.37. The highest BCUT2D eigenvalue weighted by Crippen LogP contribution is 2.26. The van der Waals surface area contributed by atoms with Crippen LogP contribution < -0.4 is 10.6 Å². The summed E-state index contributed by atoms with van der Waals surface area (Å²) in [6.07, 6.45) is 3.09. The van der Waals surface area contributed by atoms with Crippen LogP contribution in [0.3, 0.4) is 0 Å². The molecule has 2 N–H and O–H groups in total. The van der Waals surface area contributed by atoms with E-state index in [1.54, 1.807) is 0 Å². The topological polar surface area (TPSA) is 41.1 Å². The molecule has 16 heavy (non-hydrogen) atoms. The Labute approximate surface area is 95.2 Å². The zero-order valence-electron chi connectivity index (χ0n) is 9.25. The summed E-state index contributed by atoms with van der Waals surface area (Å²) >= 11 is 0. The van der Waals surface area contributed by atoms with Crippen molar-refractivity contribution in [1.29, 1.82) is 0 Å². The standard InChI is InChI=1S/C13H16N2O/c16-12-11-4-2-1-3-10(11)5-6-13(15-12)7-8-14-9-13/h1-4,14H,5-9H2,(H,15,16). The molecule has 1 amide bonds. The van der Waals surface area contributed by atoms with Crippen LogP contribution in [0.15, 0.2) is 24.3 Å². The fourth-order valence-corrected chi connectivity index (χ4v) is 2.77. The summed E-state index contributed by atoms with van der Waals surface area (Å²) in [5.41, 5.74) is 2.03. The lowest BCUT2D eigenvalue weighted by Gasteiger charge is -2.27. The molecule has 2 heterocycles. The molecule has 1 saturated heterocycles. The minimum absolute atomic E-state index is 0.00387. The molecule has 0 radical (unpaired) electrons. The van der Waals surface area contributed by atoms with Crippen molar-refractivity contribution in [3.05, 3.63) is 35.4 Å². The molecule has 1 spiro atoms. The molecule has 1 aromatic carbocycles. The predicted molar refractivity (Wildman–Crippen MR) is 62.4 cm³/mol. The Bertz CT molecular complexity index is 422. The Morgan fingerprint density at radius 2 is 2.06 bits per heavy atom. The number of hydrogen-bond acceptors (Lipinski definition) is 2. The summed E-state index contributed by atoms with van der Waals surface area (Å²) in [7, 11) is 0. The third kappa shape index (κ3) is 1.52. The third-order valence-corrected chi connectivity index (χ3v) is 3.76. The van der Waals surface area contributed by atoms with Gasteiger partial charge >= 0.3 is 0 Å². The fraction of sp³-hybridized carbons (Fsp3) is 0.462. The van der Waals surface area contributed by atoms with Crippen LogP contribution >= 0.6 is 0 Å². The number of fused-ring (bicyclic) bond motifs is 1. The first kappa shape index (κ1) is 9.85. The zero-order chi connectivity index (χ0) is 11.0. The van der Waals surface area contributed by atoms with E-state index in [4.69, 9.17) is 0 Å². The number of rotatable bonds is 0. The predicted octanol–water partition coefficient (Wildman–Crippen LogP) is 1.09. The summed E-state index contributed by atoms with van der Waals surface area (Å²) in [6, 6.07) is 7.93. The van der Waals surface area contributed by atoms with Crippen molar-refractivity contribution in [2.24, 2.45) is 0 Å². The Kier molecular flexibility index (Phi) is 2.21. The van der Waals surface area contributed by atoms with E-state index in [-0.39, 0.29) is 11.4 Å². The van der Waals surface area contributed by atoms with Crippen molar-refractivity contribution in [2.75, 3.05) is 13.1 Å². The smallest absolute Gasteiger partial charge is 0.252 e. The van der Waals surface area contributed by atoms with Crippen LogP contribution in [0.1, 0.15) is 28.8 Å². The highest BCUT2D eigenvalue weighted by molar-refractivity contribution is 5.96. The Morgan fingerprint density at radius 1 is 1.19 bits per heavy atom. The Hall–Kier alpha value is -1.35. The van der Waals surface area contributed by atoms with Crippen molar-refractivity contribution < 1.29 is 4.79 Å². The van der Waals surface area contributed by atoms with Gasteiger partial charge in [-0.2, -0.15) is 0 Å². The molecule has 1 fully saturated rings. The third-order valence-electron chi connectivity index (χ3n) is 3.76. The van der Waals surface area contributed by atoms with E-state index in [1.807, 2.05) is 18.2 Å². The van der Waals surface area contributed by atoms with E-state index in [2.05, 4.69) is 16.7 Å². The van der Waals surface area contributed by atoms with Gasteiger partial charge in [0, 0.05) is 12.1 Å². The SMILES string of the molecule is O=C1NC2(CCNC2)CCc2ccccc21. The molecule has 84 valence electrons. The van der Waals surface area contributed by atoms with Crippen LogP contribution in [0, 0.1) is 0 Å². The lowest BCUT2D eigenvalue weighted by Crippen LogP contribution is -2.49. The Balaban J connectivity index is 1.95. The molecular weight excluding hydrogens is 200 g/mol. The minimum atomic E-state index is -0.00387. The summed E-state index contributed by atoms with van der Waals surface area (Å²) in [5.74, 6) is 0.0943. The van der Waals surface area contributed by atoms with Gasteiger partial charge in [-0.3, -0.25) is 4.79 Å². The molecule has 0 aromatic heterocycles. The molecule has 3 heteroatoms. The van der Waals surface area contributed by atoms with Crippen molar-refractivity contribution in [2.45, 2.75) is 24.8 Å². The normalized spacial score (nSPS) is 28.6. The van der Waals surface area contributed by atoms with Gasteiger partial charge in [0.1, 0.15) is 0 Å². The maximum absolute atomic E-state index is 12.1. The molecule has 1 atom stereocenters. The average molecular weight is 216 g/mol.